The molecule has 27 heavy (non-hydrogen) atoms. The first-order valence-electron chi connectivity index (χ1n) is 9.02. The number of nitrogens with zero attached hydrogens (tertiary/aromatic N) is 2. The summed E-state index contributed by atoms with van der Waals surface area (Å²) >= 11 is 5.88. The van der Waals surface area contributed by atoms with Gasteiger partial charge >= 0.3 is 0 Å². The van der Waals surface area contributed by atoms with Crippen molar-refractivity contribution in [2.45, 2.75) is 25.7 Å². The number of sulfonamides is 1. The Morgan fingerprint density at radius 1 is 0.963 bits per heavy atom. The number of hydrogen-bond donors (Lipinski definition) is 1. The van der Waals surface area contributed by atoms with Gasteiger partial charge in [0, 0.05) is 36.9 Å². The van der Waals surface area contributed by atoms with Crippen LogP contribution in [-0.2, 0) is 10.0 Å². The van der Waals surface area contributed by atoms with Crippen molar-refractivity contribution in [3.63, 3.8) is 0 Å². The van der Waals surface area contributed by atoms with E-state index in [1.165, 1.54) is 17.7 Å². The molecule has 1 aliphatic heterocycles. The number of piperazine rings is 1. The third-order valence-electron chi connectivity index (χ3n) is 5.11. The zero-order valence-electron chi connectivity index (χ0n) is 16.2. The fourth-order valence-electron chi connectivity index (χ4n) is 3.66. The predicted octanol–water partition coefficient (Wildman–Crippen LogP) is 3.82. The van der Waals surface area contributed by atoms with Crippen molar-refractivity contribution in [3.8, 4) is 0 Å². The molecule has 0 atom stereocenters. The van der Waals surface area contributed by atoms with Crippen molar-refractivity contribution < 1.29 is 8.42 Å². The molecule has 146 valence electrons. The zero-order chi connectivity index (χ0) is 19.8. The van der Waals surface area contributed by atoms with Gasteiger partial charge in [0.15, 0.2) is 0 Å². The number of benzene rings is 2. The summed E-state index contributed by atoms with van der Waals surface area (Å²) in [7, 11) is -1.56. The van der Waals surface area contributed by atoms with Crippen molar-refractivity contribution in [3.05, 3.63) is 52.0 Å². The van der Waals surface area contributed by atoms with Crippen LogP contribution < -0.4 is 9.62 Å². The molecule has 1 aliphatic rings. The largest absolute Gasteiger partial charge is 0.368 e. The van der Waals surface area contributed by atoms with E-state index in [4.69, 9.17) is 11.6 Å². The number of halogens is 1. The molecule has 1 saturated heterocycles. The van der Waals surface area contributed by atoms with Gasteiger partial charge < -0.3 is 9.80 Å². The van der Waals surface area contributed by atoms with E-state index in [0.717, 1.165) is 43.0 Å². The molecule has 0 radical (unpaired) electrons. The molecule has 3 rings (SSSR count). The number of hydrogen-bond acceptors (Lipinski definition) is 4. The van der Waals surface area contributed by atoms with Gasteiger partial charge in [-0.2, -0.15) is 0 Å². The zero-order valence-corrected chi connectivity index (χ0v) is 17.8. The van der Waals surface area contributed by atoms with E-state index < -0.39 is 10.0 Å². The average molecular weight is 408 g/mol. The van der Waals surface area contributed by atoms with Crippen LogP contribution in [0.5, 0.6) is 0 Å². The molecule has 0 bridgehead atoms. The maximum absolute atomic E-state index is 12.9. The molecule has 2 aromatic rings. The molecule has 2 aromatic carbocycles. The highest BCUT2D eigenvalue weighted by Crippen LogP contribution is 2.35. The topological polar surface area (TPSA) is 52.6 Å². The fraction of sp³-hybridized carbons (Fsp3) is 0.400. The van der Waals surface area contributed by atoms with Gasteiger partial charge in [-0.15, -0.1) is 0 Å². The lowest BCUT2D eigenvalue weighted by Gasteiger charge is -2.36. The van der Waals surface area contributed by atoms with Gasteiger partial charge in [-0.05, 0) is 68.8 Å². The second-order valence-electron chi connectivity index (χ2n) is 7.21. The lowest BCUT2D eigenvalue weighted by molar-refractivity contribution is 0.312. The maximum atomic E-state index is 12.9. The Balaban J connectivity index is 1.98. The highest BCUT2D eigenvalue weighted by atomic mass is 35.5. The molecule has 7 heteroatoms. The quantitative estimate of drug-likeness (QED) is 0.837. The van der Waals surface area contributed by atoms with E-state index in [2.05, 4.69) is 34.6 Å². The first-order chi connectivity index (χ1) is 12.7. The van der Waals surface area contributed by atoms with Crippen LogP contribution >= 0.6 is 11.6 Å². The summed E-state index contributed by atoms with van der Waals surface area (Å²) in [6.07, 6.45) is 0. The van der Waals surface area contributed by atoms with E-state index in [9.17, 15) is 8.42 Å². The Morgan fingerprint density at radius 2 is 1.56 bits per heavy atom. The molecule has 1 heterocycles. The summed E-state index contributed by atoms with van der Waals surface area (Å²) in [4.78, 5) is 4.86. The first kappa shape index (κ1) is 20.0. The highest BCUT2D eigenvalue weighted by Gasteiger charge is 2.23. The van der Waals surface area contributed by atoms with Crippen molar-refractivity contribution >= 4 is 33.0 Å². The van der Waals surface area contributed by atoms with Gasteiger partial charge in [0.1, 0.15) is 0 Å². The van der Waals surface area contributed by atoms with Crippen molar-refractivity contribution in [2.75, 3.05) is 42.8 Å². The summed E-state index contributed by atoms with van der Waals surface area (Å²) in [6, 6.07) is 8.26. The molecule has 5 nitrogen and oxygen atoms in total. The Hall–Kier alpha value is -1.76. The van der Waals surface area contributed by atoms with Gasteiger partial charge in [-0.25, -0.2) is 8.42 Å². The van der Waals surface area contributed by atoms with Crippen LogP contribution in [0.3, 0.4) is 0 Å². The summed E-state index contributed by atoms with van der Waals surface area (Å²) in [5, 5.41) is 0.508. The standard InChI is InChI=1S/C20H26ClN3O2S/c1-14-13-15(2)20(24-11-9-23(4)10-12-24)16(3)19(14)22-27(25,26)18-7-5-17(21)6-8-18/h5-8,13,22H,9-12H2,1-4H3. The lowest BCUT2D eigenvalue weighted by atomic mass is 10.0. The summed E-state index contributed by atoms with van der Waals surface area (Å²) < 4.78 is 28.5. The van der Waals surface area contributed by atoms with Crippen LogP contribution in [0.4, 0.5) is 11.4 Å². The van der Waals surface area contributed by atoms with Crippen LogP contribution in [0.15, 0.2) is 35.2 Å². The van der Waals surface area contributed by atoms with Crippen LogP contribution in [0.1, 0.15) is 16.7 Å². The second kappa shape index (κ2) is 7.70. The average Bonchev–Trinajstić information content (AvgIpc) is 2.60. The van der Waals surface area contributed by atoms with Gasteiger partial charge in [0.2, 0.25) is 0 Å². The molecule has 1 fully saturated rings. The van der Waals surface area contributed by atoms with E-state index >= 15 is 0 Å². The van der Waals surface area contributed by atoms with E-state index in [1.807, 2.05) is 13.8 Å². The number of rotatable bonds is 4. The van der Waals surface area contributed by atoms with Crippen LogP contribution in [0.2, 0.25) is 5.02 Å². The molecule has 0 spiro atoms. The number of likely N-dealkylation sites (N-methyl/N-ethyl adjacent to an activating group) is 1. The fourth-order valence-corrected chi connectivity index (χ4v) is 4.98. The third-order valence-corrected chi connectivity index (χ3v) is 6.73. The molecule has 0 unspecified atom stereocenters. The minimum Gasteiger partial charge on any atom is -0.368 e. The Labute approximate surface area is 167 Å². The number of anilines is 2. The minimum absolute atomic E-state index is 0.201. The van der Waals surface area contributed by atoms with Gasteiger partial charge in [-0.3, -0.25) is 4.72 Å². The molecule has 0 amide bonds. The third kappa shape index (κ3) is 4.23. The molecular weight excluding hydrogens is 382 g/mol. The lowest BCUT2D eigenvalue weighted by Crippen LogP contribution is -2.45. The normalized spacial score (nSPS) is 15.8. The SMILES string of the molecule is Cc1cc(C)c(N2CCN(C)CC2)c(C)c1NS(=O)(=O)c1ccc(Cl)cc1. The Morgan fingerprint density at radius 3 is 2.15 bits per heavy atom. The Kier molecular flexibility index (Phi) is 5.70. The van der Waals surface area contributed by atoms with Crippen LogP contribution in [0.25, 0.3) is 0 Å². The van der Waals surface area contributed by atoms with Crippen LogP contribution in [0, 0.1) is 20.8 Å². The van der Waals surface area contributed by atoms with Crippen molar-refractivity contribution in [1.82, 2.24) is 4.90 Å². The number of nitrogens with one attached hydrogen (secondary N) is 1. The molecule has 0 aromatic heterocycles. The maximum Gasteiger partial charge on any atom is 0.261 e. The molecule has 0 aliphatic carbocycles. The van der Waals surface area contributed by atoms with Gasteiger partial charge in [0.25, 0.3) is 10.0 Å². The smallest absolute Gasteiger partial charge is 0.261 e. The Bertz CT molecular complexity index is 935. The monoisotopic (exact) mass is 407 g/mol. The van der Waals surface area contributed by atoms with Crippen LogP contribution in [-0.4, -0.2) is 46.5 Å². The second-order valence-corrected chi connectivity index (χ2v) is 9.33. The molecule has 0 saturated carbocycles. The minimum atomic E-state index is -3.68. The highest BCUT2D eigenvalue weighted by molar-refractivity contribution is 7.92. The van der Waals surface area contributed by atoms with E-state index in [-0.39, 0.29) is 4.90 Å². The molecule has 1 N–H and O–H groups in total. The van der Waals surface area contributed by atoms with Crippen molar-refractivity contribution in [2.24, 2.45) is 0 Å². The van der Waals surface area contributed by atoms with E-state index in [0.29, 0.717) is 10.7 Å². The molecular formula is C20H26ClN3O2S. The van der Waals surface area contributed by atoms with E-state index in [1.54, 1.807) is 12.1 Å². The summed E-state index contributed by atoms with van der Waals surface area (Å²) in [5.74, 6) is 0. The van der Waals surface area contributed by atoms with Gasteiger partial charge in [-0.1, -0.05) is 17.7 Å². The summed E-state index contributed by atoms with van der Waals surface area (Å²) in [5.41, 5.74) is 4.84. The van der Waals surface area contributed by atoms with Gasteiger partial charge in [0.05, 0.1) is 10.6 Å². The predicted molar refractivity (Wildman–Crippen MR) is 113 cm³/mol. The first-order valence-corrected chi connectivity index (χ1v) is 10.9. The summed E-state index contributed by atoms with van der Waals surface area (Å²) in [6.45, 7) is 9.89. The number of aryl methyl sites for hydroxylation is 2. The van der Waals surface area contributed by atoms with Crippen molar-refractivity contribution in [1.29, 1.82) is 0 Å².